The second-order valence-electron chi connectivity index (χ2n) is 20.7. The lowest BCUT2D eigenvalue weighted by Gasteiger charge is -2.59. The average molecular weight is 775 g/mol. The van der Waals surface area contributed by atoms with E-state index in [1.807, 2.05) is 42.5 Å². The molecule has 56 heavy (non-hydrogen) atoms. The number of hydrogen-bond donors (Lipinski definition) is 1. The largest absolute Gasteiger partial charge is 0.507 e. The number of ether oxygens (including phenoxy) is 2. The maximum Gasteiger partial charge on any atom is 0.328 e. The van der Waals surface area contributed by atoms with Crippen LogP contribution >= 0.6 is 0 Å². The molecule has 2 aliphatic rings. The topological polar surface area (TPSA) is 79.3 Å². The van der Waals surface area contributed by atoms with Crippen molar-refractivity contribution in [2.24, 2.45) is 5.92 Å². The monoisotopic (exact) mass is 775 g/mol. The van der Waals surface area contributed by atoms with Crippen LogP contribution in [0.25, 0.3) is 0 Å². The van der Waals surface area contributed by atoms with Crippen LogP contribution in [0.4, 0.5) is 0 Å². The van der Waals surface area contributed by atoms with Crippen molar-refractivity contribution in [3.05, 3.63) is 64.7 Å². The molecule has 0 spiro atoms. The number of phenolic OH excluding ortho intramolecular Hbond substituents is 1. The van der Waals surface area contributed by atoms with E-state index in [1.54, 1.807) is 0 Å². The number of phenols is 1. The van der Waals surface area contributed by atoms with Gasteiger partial charge in [-0.15, -0.1) is 0 Å². The van der Waals surface area contributed by atoms with Gasteiger partial charge < -0.3 is 14.6 Å². The molecule has 7 atom stereocenters. The van der Waals surface area contributed by atoms with Crippen molar-refractivity contribution >= 4 is 11.9 Å². The van der Waals surface area contributed by atoms with Gasteiger partial charge in [0.1, 0.15) is 18.0 Å². The van der Waals surface area contributed by atoms with E-state index in [2.05, 4.69) is 128 Å². The highest BCUT2D eigenvalue weighted by molar-refractivity contribution is 6.07. The van der Waals surface area contributed by atoms with Crippen LogP contribution < -0.4 is 0 Å². The molecule has 2 heterocycles. The Morgan fingerprint density at radius 3 is 1.59 bits per heavy atom. The molecular weight excluding hydrogens is 697 g/mol. The first kappa shape index (κ1) is 45.8. The maximum atomic E-state index is 15.7. The standard InChI is InChI=1S/C49H78N2O5/c1-18-45(12)30-36(31-46(13,19-2)50(45)16)55-41(53)49(35-25-23-22-24-26-35,29-34-27-37(43(6,7)8)40(52)38(28-34)44(9,10)11)42(54)56-39-32-47(14,20-3)51(17)48(15,21-4)33(39)5/h22-28,33,36,39,52H,18-21,29-32H2,1-17H3. The predicted molar refractivity (Wildman–Crippen MR) is 230 cm³/mol. The van der Waals surface area contributed by atoms with Crippen LogP contribution in [0.1, 0.15) is 171 Å². The van der Waals surface area contributed by atoms with Gasteiger partial charge in [0.25, 0.3) is 0 Å². The van der Waals surface area contributed by atoms with Gasteiger partial charge in [-0.2, -0.15) is 0 Å². The van der Waals surface area contributed by atoms with Crippen molar-refractivity contribution in [1.29, 1.82) is 0 Å². The van der Waals surface area contributed by atoms with E-state index in [4.69, 9.17) is 9.47 Å². The molecule has 2 fully saturated rings. The third-order valence-electron chi connectivity index (χ3n) is 15.5. The molecule has 2 aromatic carbocycles. The molecule has 0 aromatic heterocycles. The molecule has 4 rings (SSSR count). The van der Waals surface area contributed by atoms with Crippen LogP contribution in [0.2, 0.25) is 0 Å². The van der Waals surface area contributed by atoms with E-state index in [1.165, 1.54) is 0 Å². The Balaban J connectivity index is 1.99. The summed E-state index contributed by atoms with van der Waals surface area (Å²) in [6.07, 6.45) is 4.79. The number of nitrogens with zero attached hydrogens (tertiary/aromatic N) is 2. The zero-order valence-corrected chi connectivity index (χ0v) is 38.4. The van der Waals surface area contributed by atoms with Gasteiger partial charge in [0.05, 0.1) is 0 Å². The summed E-state index contributed by atoms with van der Waals surface area (Å²) in [5.41, 5.74) is -0.554. The lowest BCUT2D eigenvalue weighted by atomic mass is 9.68. The Labute approximate surface area is 341 Å². The fraction of sp³-hybridized carbons (Fsp3) is 0.714. The number of carbonyl (C=O) groups is 2. The third kappa shape index (κ3) is 8.20. The molecular formula is C49H78N2O5. The Hall–Kier alpha value is -2.90. The van der Waals surface area contributed by atoms with Gasteiger partial charge in [-0.05, 0) is 101 Å². The highest BCUT2D eigenvalue weighted by Gasteiger charge is 2.57. The Bertz CT molecular complexity index is 1660. The number of aromatic hydroxyl groups is 1. The average Bonchev–Trinajstić information content (AvgIpc) is 3.13. The third-order valence-corrected chi connectivity index (χ3v) is 15.5. The summed E-state index contributed by atoms with van der Waals surface area (Å²) in [7, 11) is 4.39. The molecule has 2 aliphatic heterocycles. The van der Waals surface area contributed by atoms with Crippen LogP contribution in [-0.2, 0) is 41.7 Å². The second kappa shape index (κ2) is 16.0. The van der Waals surface area contributed by atoms with Crippen molar-refractivity contribution < 1.29 is 24.2 Å². The first-order valence-electron chi connectivity index (χ1n) is 21.6. The molecule has 0 aliphatic carbocycles. The van der Waals surface area contributed by atoms with Gasteiger partial charge >= 0.3 is 11.9 Å². The Kier molecular flexibility index (Phi) is 13.1. The highest BCUT2D eigenvalue weighted by atomic mass is 16.6. The summed E-state index contributed by atoms with van der Waals surface area (Å²) in [6, 6.07) is 13.4. The van der Waals surface area contributed by atoms with E-state index in [0.717, 1.165) is 42.4 Å². The smallest absolute Gasteiger partial charge is 0.328 e. The molecule has 2 aromatic rings. The van der Waals surface area contributed by atoms with E-state index in [-0.39, 0.29) is 40.2 Å². The summed E-state index contributed by atoms with van der Waals surface area (Å²) in [5.74, 6) is -0.881. The Morgan fingerprint density at radius 2 is 1.16 bits per heavy atom. The van der Waals surface area contributed by atoms with E-state index < -0.39 is 40.4 Å². The molecule has 0 bridgehead atoms. The van der Waals surface area contributed by atoms with Gasteiger partial charge in [0, 0.05) is 53.8 Å². The normalized spacial score (nSPS) is 31.8. The zero-order valence-electron chi connectivity index (χ0n) is 38.4. The lowest BCUT2D eigenvalue weighted by Crippen LogP contribution is -2.67. The molecule has 1 N–H and O–H groups in total. The van der Waals surface area contributed by atoms with Crippen molar-refractivity contribution in [3.63, 3.8) is 0 Å². The van der Waals surface area contributed by atoms with Gasteiger partial charge in [0.15, 0.2) is 5.41 Å². The van der Waals surface area contributed by atoms with Crippen LogP contribution in [0.15, 0.2) is 42.5 Å². The summed E-state index contributed by atoms with van der Waals surface area (Å²) in [4.78, 5) is 36.3. The molecule has 0 amide bonds. The molecule has 7 unspecified atom stereocenters. The quantitative estimate of drug-likeness (QED) is 0.180. The number of esters is 2. The SMILES string of the molecule is CCC1(C)CC(OC(=O)C(Cc2cc(C(C)(C)C)c(O)c(C(C)(C)C)c2)(C(=O)OC2CC(C)(CC)N(C)C(C)(CC)C2C)c2ccccc2)CC(C)(CC)N1C. The molecule has 7 nitrogen and oxygen atoms in total. The summed E-state index contributed by atoms with van der Waals surface area (Å²) >= 11 is 0. The number of hydrogen-bond acceptors (Lipinski definition) is 7. The maximum absolute atomic E-state index is 15.7. The fourth-order valence-electron chi connectivity index (χ4n) is 10.0. The molecule has 0 saturated carbocycles. The fourth-order valence-corrected chi connectivity index (χ4v) is 10.0. The van der Waals surface area contributed by atoms with Gasteiger partial charge in [-0.25, -0.2) is 0 Å². The number of piperidine rings is 2. The van der Waals surface area contributed by atoms with Crippen LogP contribution in [0.3, 0.4) is 0 Å². The first-order chi connectivity index (χ1) is 25.7. The van der Waals surface area contributed by atoms with E-state index in [9.17, 15) is 5.11 Å². The Morgan fingerprint density at radius 1 is 0.714 bits per heavy atom. The molecule has 0 radical (unpaired) electrons. The molecule has 314 valence electrons. The van der Waals surface area contributed by atoms with Crippen LogP contribution in [-0.4, -0.2) is 75.3 Å². The van der Waals surface area contributed by atoms with Crippen molar-refractivity contribution in [1.82, 2.24) is 9.80 Å². The van der Waals surface area contributed by atoms with Gasteiger partial charge in [-0.1, -0.05) is 119 Å². The lowest BCUT2D eigenvalue weighted by molar-refractivity contribution is -0.188. The van der Waals surface area contributed by atoms with Crippen molar-refractivity contribution in [3.8, 4) is 5.75 Å². The first-order valence-corrected chi connectivity index (χ1v) is 21.6. The van der Waals surface area contributed by atoms with Gasteiger partial charge in [0.2, 0.25) is 0 Å². The van der Waals surface area contributed by atoms with E-state index in [0.29, 0.717) is 24.8 Å². The van der Waals surface area contributed by atoms with E-state index >= 15 is 9.59 Å². The highest BCUT2D eigenvalue weighted by Crippen LogP contribution is 2.48. The van der Waals surface area contributed by atoms with Crippen molar-refractivity contribution in [2.75, 3.05) is 14.1 Å². The number of benzene rings is 2. The molecule has 2 saturated heterocycles. The van der Waals surface area contributed by atoms with Crippen LogP contribution in [0.5, 0.6) is 5.75 Å². The summed E-state index contributed by atoms with van der Waals surface area (Å²) < 4.78 is 13.7. The summed E-state index contributed by atoms with van der Waals surface area (Å²) in [5, 5.41) is 11.7. The van der Waals surface area contributed by atoms with Crippen LogP contribution in [0, 0.1) is 5.92 Å². The predicted octanol–water partition coefficient (Wildman–Crippen LogP) is 10.7. The minimum Gasteiger partial charge on any atom is -0.507 e. The zero-order chi connectivity index (χ0) is 42.4. The summed E-state index contributed by atoms with van der Waals surface area (Å²) in [6.45, 7) is 32.5. The second-order valence-corrected chi connectivity index (χ2v) is 20.7. The number of likely N-dealkylation sites (tertiary alicyclic amines) is 2. The minimum absolute atomic E-state index is 0.00336. The number of carbonyl (C=O) groups excluding carboxylic acids is 2. The van der Waals surface area contributed by atoms with Gasteiger partial charge in [-0.3, -0.25) is 19.4 Å². The van der Waals surface area contributed by atoms with Crippen molar-refractivity contribution in [2.45, 2.75) is 206 Å². The minimum atomic E-state index is -1.81. The molecule has 7 heteroatoms. The number of rotatable bonds is 11.